The Morgan fingerprint density at radius 3 is 2.63 bits per heavy atom. The minimum absolute atomic E-state index is 0.412. The van der Waals surface area contributed by atoms with Gasteiger partial charge in [-0.15, -0.1) is 0 Å². The molecule has 108 valence electrons. The molecule has 0 atom stereocenters. The Hall–Kier alpha value is -1.44. The van der Waals surface area contributed by atoms with E-state index < -0.39 is 0 Å². The second-order valence-electron chi connectivity index (χ2n) is 4.17. The number of nitrogens with one attached hydrogen (secondary N) is 1. The van der Waals surface area contributed by atoms with Gasteiger partial charge in [-0.3, -0.25) is 5.43 Å². The van der Waals surface area contributed by atoms with E-state index in [9.17, 15) is 0 Å². The van der Waals surface area contributed by atoms with Gasteiger partial charge in [0.05, 0.1) is 6.61 Å². The summed E-state index contributed by atoms with van der Waals surface area (Å²) in [6, 6.07) is 0. The topological polar surface area (TPSA) is 85.5 Å². The van der Waals surface area contributed by atoms with Crippen molar-refractivity contribution in [1.82, 2.24) is 9.97 Å². The number of hydrogen-bond donors (Lipinski definition) is 2. The number of hydrazine groups is 1. The summed E-state index contributed by atoms with van der Waals surface area (Å²) in [5.74, 6) is 6.64. The van der Waals surface area contributed by atoms with Crippen molar-refractivity contribution in [2.24, 2.45) is 5.84 Å². The number of nitrogens with two attached hydrogens (primary N) is 1. The van der Waals surface area contributed by atoms with Crippen LogP contribution in [0.4, 0.5) is 11.8 Å². The maximum absolute atomic E-state index is 5.35. The van der Waals surface area contributed by atoms with Crippen LogP contribution in [0.1, 0.15) is 12.0 Å². The molecule has 0 aliphatic heterocycles. The molecule has 0 bridgehead atoms. The molecule has 0 fully saturated rings. The molecule has 7 nitrogen and oxygen atoms in total. The van der Waals surface area contributed by atoms with Gasteiger partial charge in [0.2, 0.25) is 5.95 Å². The van der Waals surface area contributed by atoms with Crippen molar-refractivity contribution in [2.45, 2.75) is 13.3 Å². The summed E-state index contributed by atoms with van der Waals surface area (Å²) in [6.45, 7) is 4.95. The van der Waals surface area contributed by atoms with Crippen molar-refractivity contribution in [2.75, 3.05) is 50.8 Å². The number of rotatable bonds is 9. The zero-order chi connectivity index (χ0) is 14.1. The second kappa shape index (κ2) is 8.63. The van der Waals surface area contributed by atoms with Gasteiger partial charge in [-0.2, -0.15) is 4.98 Å². The lowest BCUT2D eigenvalue weighted by molar-refractivity contribution is 0.191. The Bertz CT molecular complexity index is 375. The first kappa shape index (κ1) is 15.6. The molecule has 19 heavy (non-hydrogen) atoms. The molecule has 1 aromatic rings. The Balaban J connectivity index is 2.81. The zero-order valence-corrected chi connectivity index (χ0v) is 11.8. The molecule has 7 heteroatoms. The molecular weight excluding hydrogens is 246 g/mol. The van der Waals surface area contributed by atoms with Crippen molar-refractivity contribution in [3.8, 4) is 0 Å². The Labute approximate surface area is 114 Å². The van der Waals surface area contributed by atoms with Crippen LogP contribution in [-0.2, 0) is 9.47 Å². The molecular formula is C12H23N5O2. The van der Waals surface area contributed by atoms with Crippen LogP contribution in [-0.4, -0.2) is 50.5 Å². The highest BCUT2D eigenvalue weighted by molar-refractivity contribution is 5.48. The third kappa shape index (κ3) is 4.98. The van der Waals surface area contributed by atoms with E-state index in [4.69, 9.17) is 15.3 Å². The van der Waals surface area contributed by atoms with E-state index in [1.807, 2.05) is 6.92 Å². The van der Waals surface area contributed by atoms with Gasteiger partial charge in [0, 0.05) is 45.7 Å². The fraction of sp³-hybridized carbons (Fsp3) is 0.667. The van der Waals surface area contributed by atoms with E-state index in [2.05, 4.69) is 20.3 Å². The normalized spacial score (nSPS) is 10.5. The van der Waals surface area contributed by atoms with Crippen LogP contribution in [0.2, 0.25) is 0 Å². The molecule has 3 N–H and O–H groups in total. The molecule has 0 radical (unpaired) electrons. The molecule has 0 amide bonds. The summed E-state index contributed by atoms with van der Waals surface area (Å²) in [5, 5.41) is 0. The van der Waals surface area contributed by atoms with Gasteiger partial charge in [0.15, 0.2) is 0 Å². The van der Waals surface area contributed by atoms with Crippen LogP contribution in [0.3, 0.4) is 0 Å². The number of aryl methyl sites for hydroxylation is 1. The number of aromatic nitrogens is 2. The summed E-state index contributed by atoms with van der Waals surface area (Å²) in [5.41, 5.74) is 3.47. The van der Waals surface area contributed by atoms with Crippen LogP contribution in [0.15, 0.2) is 6.20 Å². The van der Waals surface area contributed by atoms with E-state index in [1.165, 1.54) is 0 Å². The summed E-state index contributed by atoms with van der Waals surface area (Å²) in [7, 11) is 3.39. The minimum Gasteiger partial charge on any atom is -0.385 e. The number of anilines is 2. The first-order valence-electron chi connectivity index (χ1n) is 6.26. The molecule has 1 heterocycles. The molecule has 0 spiro atoms. The highest BCUT2D eigenvalue weighted by atomic mass is 16.5. The van der Waals surface area contributed by atoms with Gasteiger partial charge >= 0.3 is 0 Å². The molecule has 1 aromatic heterocycles. The molecule has 0 aliphatic carbocycles. The van der Waals surface area contributed by atoms with Crippen LogP contribution in [0.25, 0.3) is 0 Å². The number of nitrogen functional groups attached to an aromatic ring is 1. The molecule has 0 aliphatic rings. The Morgan fingerprint density at radius 2 is 2.00 bits per heavy atom. The van der Waals surface area contributed by atoms with Crippen LogP contribution >= 0.6 is 0 Å². The van der Waals surface area contributed by atoms with E-state index in [0.717, 1.165) is 37.5 Å². The average molecular weight is 269 g/mol. The first-order chi connectivity index (χ1) is 9.22. The van der Waals surface area contributed by atoms with Crippen LogP contribution in [0.5, 0.6) is 0 Å². The molecule has 0 saturated carbocycles. The van der Waals surface area contributed by atoms with Gasteiger partial charge < -0.3 is 14.4 Å². The standard InChI is InChI=1S/C12H23N5O2/c1-10-9-14-12(16-13)15-11(10)17(6-8-19-3)5-4-7-18-2/h9H,4-8,13H2,1-3H3,(H,14,15,16). The average Bonchev–Trinajstić information content (AvgIpc) is 2.43. The fourth-order valence-corrected chi connectivity index (χ4v) is 1.75. The molecule has 1 rings (SSSR count). The summed E-state index contributed by atoms with van der Waals surface area (Å²) in [6.07, 6.45) is 2.68. The van der Waals surface area contributed by atoms with Gasteiger partial charge in [-0.05, 0) is 13.3 Å². The van der Waals surface area contributed by atoms with Crippen molar-refractivity contribution in [3.05, 3.63) is 11.8 Å². The summed E-state index contributed by atoms with van der Waals surface area (Å²) < 4.78 is 10.2. The maximum atomic E-state index is 5.35. The smallest absolute Gasteiger partial charge is 0.239 e. The Kier molecular flexibility index (Phi) is 7.09. The predicted octanol–water partition coefficient (Wildman–Crippen LogP) is 0.560. The van der Waals surface area contributed by atoms with Crippen molar-refractivity contribution >= 4 is 11.8 Å². The van der Waals surface area contributed by atoms with E-state index in [1.54, 1.807) is 20.4 Å². The van der Waals surface area contributed by atoms with Crippen molar-refractivity contribution < 1.29 is 9.47 Å². The third-order valence-electron chi connectivity index (χ3n) is 2.72. The van der Waals surface area contributed by atoms with E-state index in [0.29, 0.717) is 12.6 Å². The number of nitrogens with zero attached hydrogens (tertiary/aromatic N) is 3. The number of methoxy groups -OCH3 is 2. The largest absolute Gasteiger partial charge is 0.385 e. The lowest BCUT2D eigenvalue weighted by Crippen LogP contribution is -2.31. The minimum atomic E-state index is 0.412. The van der Waals surface area contributed by atoms with Crippen molar-refractivity contribution in [3.63, 3.8) is 0 Å². The lowest BCUT2D eigenvalue weighted by atomic mass is 10.3. The van der Waals surface area contributed by atoms with Gasteiger partial charge in [-0.25, -0.2) is 10.8 Å². The quantitative estimate of drug-likeness (QED) is 0.385. The predicted molar refractivity (Wildman–Crippen MR) is 75.2 cm³/mol. The van der Waals surface area contributed by atoms with E-state index in [-0.39, 0.29) is 0 Å². The van der Waals surface area contributed by atoms with E-state index >= 15 is 0 Å². The van der Waals surface area contributed by atoms with Crippen LogP contribution < -0.4 is 16.2 Å². The highest BCUT2D eigenvalue weighted by Crippen LogP contribution is 2.17. The van der Waals surface area contributed by atoms with Gasteiger partial charge in [0.25, 0.3) is 0 Å². The van der Waals surface area contributed by atoms with Crippen molar-refractivity contribution in [1.29, 1.82) is 0 Å². The first-order valence-corrected chi connectivity index (χ1v) is 6.26. The highest BCUT2D eigenvalue weighted by Gasteiger charge is 2.12. The molecule has 0 aromatic carbocycles. The lowest BCUT2D eigenvalue weighted by Gasteiger charge is -2.25. The molecule has 0 unspecified atom stereocenters. The monoisotopic (exact) mass is 269 g/mol. The van der Waals surface area contributed by atoms with Crippen LogP contribution in [0, 0.1) is 6.92 Å². The zero-order valence-electron chi connectivity index (χ0n) is 11.8. The van der Waals surface area contributed by atoms with Gasteiger partial charge in [0.1, 0.15) is 5.82 Å². The number of hydrogen-bond acceptors (Lipinski definition) is 7. The third-order valence-corrected chi connectivity index (χ3v) is 2.72. The summed E-state index contributed by atoms with van der Waals surface area (Å²) >= 11 is 0. The molecule has 0 saturated heterocycles. The number of ether oxygens (including phenoxy) is 2. The maximum Gasteiger partial charge on any atom is 0.239 e. The SMILES string of the molecule is COCCCN(CCOC)c1nc(NN)ncc1C. The second-order valence-corrected chi connectivity index (χ2v) is 4.17. The Morgan fingerprint density at radius 1 is 1.26 bits per heavy atom. The fourth-order valence-electron chi connectivity index (χ4n) is 1.75. The summed E-state index contributed by atoms with van der Waals surface area (Å²) in [4.78, 5) is 10.6. The van der Waals surface area contributed by atoms with Gasteiger partial charge in [-0.1, -0.05) is 0 Å².